The van der Waals surface area contributed by atoms with Crippen molar-refractivity contribution in [2.75, 3.05) is 0 Å². The quantitative estimate of drug-likeness (QED) is 0.889. The summed E-state index contributed by atoms with van der Waals surface area (Å²) in [6.45, 7) is 0. The molecular weight excluding hydrogens is 321 g/mol. The molecule has 0 aliphatic rings. The molecule has 2 rings (SSSR count). The zero-order valence-electron chi connectivity index (χ0n) is 8.91. The summed E-state index contributed by atoms with van der Waals surface area (Å²) in [5.74, 6) is -1.26. The van der Waals surface area contributed by atoms with Crippen LogP contribution in [0.15, 0.2) is 39.6 Å². The molecule has 2 N–H and O–H groups in total. The number of rotatable bonds is 2. The third kappa shape index (κ3) is 2.47. The van der Waals surface area contributed by atoms with Gasteiger partial charge in [-0.15, -0.1) is 0 Å². The van der Waals surface area contributed by atoms with Crippen LogP contribution >= 0.6 is 27.5 Å². The highest BCUT2D eigenvalue weighted by Crippen LogP contribution is 2.28. The fraction of sp³-hybridized carbons (Fsp3) is 0. The Morgan fingerprint density at radius 2 is 2.00 bits per heavy atom. The Labute approximate surface area is 115 Å². The van der Waals surface area contributed by atoms with Crippen LogP contribution in [-0.2, 0) is 0 Å². The lowest BCUT2D eigenvalue weighted by atomic mass is 10.1. The van der Waals surface area contributed by atoms with E-state index in [2.05, 4.69) is 20.9 Å². The van der Waals surface area contributed by atoms with E-state index in [9.17, 15) is 9.59 Å². The van der Waals surface area contributed by atoms with Crippen LogP contribution in [0.25, 0.3) is 11.3 Å². The average Bonchev–Trinajstić information content (AvgIpc) is 2.28. The lowest BCUT2D eigenvalue weighted by Gasteiger charge is -2.05. The predicted octanol–water partition coefficient (Wildman–Crippen LogP) is 3.16. The highest BCUT2D eigenvalue weighted by atomic mass is 79.9. The molecule has 0 saturated carbocycles. The van der Waals surface area contributed by atoms with Crippen LogP contribution in [0.2, 0.25) is 5.02 Å². The van der Waals surface area contributed by atoms with Gasteiger partial charge in [0.15, 0.2) is 0 Å². The molecule has 0 aliphatic heterocycles. The largest absolute Gasteiger partial charge is 0.477 e. The molecule has 2 aromatic rings. The SMILES string of the molecule is O=C(O)c1ccc(-c2ccc(Br)cc2Cl)[nH]c1=O. The standard InChI is InChI=1S/C12H7BrClNO3/c13-6-1-2-7(9(14)5-6)10-4-3-8(12(17)18)11(16)15-10/h1-5H,(H,15,16)(H,17,18). The monoisotopic (exact) mass is 327 g/mol. The van der Waals surface area contributed by atoms with Crippen molar-refractivity contribution in [3.63, 3.8) is 0 Å². The van der Waals surface area contributed by atoms with E-state index in [1.54, 1.807) is 18.2 Å². The molecule has 0 saturated heterocycles. The minimum atomic E-state index is -1.26. The molecule has 0 aliphatic carbocycles. The fourth-order valence-electron chi connectivity index (χ4n) is 1.51. The van der Waals surface area contributed by atoms with Gasteiger partial charge in [-0.25, -0.2) is 4.79 Å². The molecule has 18 heavy (non-hydrogen) atoms. The van der Waals surface area contributed by atoms with Crippen LogP contribution in [0, 0.1) is 0 Å². The second-order valence-corrected chi connectivity index (χ2v) is 4.87. The first kappa shape index (κ1) is 12.9. The van der Waals surface area contributed by atoms with Crippen molar-refractivity contribution in [2.24, 2.45) is 0 Å². The van der Waals surface area contributed by atoms with Gasteiger partial charge in [0.2, 0.25) is 0 Å². The average molecular weight is 329 g/mol. The first-order chi connectivity index (χ1) is 8.49. The zero-order valence-corrected chi connectivity index (χ0v) is 11.2. The summed E-state index contributed by atoms with van der Waals surface area (Å²) >= 11 is 9.33. The third-order valence-electron chi connectivity index (χ3n) is 2.36. The highest BCUT2D eigenvalue weighted by molar-refractivity contribution is 9.10. The summed E-state index contributed by atoms with van der Waals surface area (Å²) < 4.78 is 0.820. The van der Waals surface area contributed by atoms with Crippen LogP contribution in [-0.4, -0.2) is 16.1 Å². The molecule has 92 valence electrons. The first-order valence-electron chi connectivity index (χ1n) is 4.91. The smallest absolute Gasteiger partial charge is 0.341 e. The molecule has 0 bridgehead atoms. The highest BCUT2D eigenvalue weighted by Gasteiger charge is 2.11. The van der Waals surface area contributed by atoms with Gasteiger partial charge in [-0.3, -0.25) is 4.79 Å². The molecular formula is C12H7BrClNO3. The Morgan fingerprint density at radius 3 is 2.56 bits per heavy atom. The molecule has 1 aromatic heterocycles. The number of H-pyrrole nitrogens is 1. The summed E-state index contributed by atoms with van der Waals surface area (Å²) in [4.78, 5) is 24.8. The molecule has 0 radical (unpaired) electrons. The number of benzene rings is 1. The summed E-state index contributed by atoms with van der Waals surface area (Å²) in [6.07, 6.45) is 0. The lowest BCUT2D eigenvalue weighted by molar-refractivity contribution is 0.0695. The number of carboxylic acid groups (broad SMARTS) is 1. The van der Waals surface area contributed by atoms with Gasteiger partial charge in [0.05, 0.1) is 5.02 Å². The molecule has 0 fully saturated rings. The van der Waals surface area contributed by atoms with Gasteiger partial charge in [-0.05, 0) is 24.3 Å². The molecule has 6 heteroatoms. The number of aromatic carboxylic acids is 1. The van der Waals surface area contributed by atoms with Crippen molar-refractivity contribution in [3.05, 3.63) is 55.7 Å². The van der Waals surface area contributed by atoms with E-state index in [0.29, 0.717) is 16.3 Å². The maximum atomic E-state index is 11.5. The van der Waals surface area contributed by atoms with Gasteiger partial charge in [-0.1, -0.05) is 33.6 Å². The summed E-state index contributed by atoms with van der Waals surface area (Å²) in [5, 5.41) is 9.23. The van der Waals surface area contributed by atoms with Crippen molar-refractivity contribution >= 4 is 33.5 Å². The number of aromatic nitrogens is 1. The predicted molar refractivity (Wildman–Crippen MR) is 72.2 cm³/mol. The van der Waals surface area contributed by atoms with Crippen LogP contribution in [0.5, 0.6) is 0 Å². The fourth-order valence-corrected chi connectivity index (χ4v) is 2.28. The number of hydrogen-bond donors (Lipinski definition) is 2. The number of hydrogen-bond acceptors (Lipinski definition) is 2. The molecule has 1 heterocycles. The van der Waals surface area contributed by atoms with Gasteiger partial charge in [-0.2, -0.15) is 0 Å². The van der Waals surface area contributed by atoms with E-state index in [1.807, 2.05) is 0 Å². The Balaban J connectivity index is 2.56. The van der Waals surface area contributed by atoms with Crippen LogP contribution in [0.1, 0.15) is 10.4 Å². The van der Waals surface area contributed by atoms with Crippen molar-refractivity contribution in [1.82, 2.24) is 4.98 Å². The Bertz CT molecular complexity index is 681. The van der Waals surface area contributed by atoms with E-state index in [1.165, 1.54) is 12.1 Å². The van der Waals surface area contributed by atoms with Crippen molar-refractivity contribution in [3.8, 4) is 11.3 Å². The molecule has 0 unspecified atom stereocenters. The second kappa shape index (κ2) is 4.96. The number of aromatic amines is 1. The van der Waals surface area contributed by atoms with Crippen molar-refractivity contribution in [2.45, 2.75) is 0 Å². The summed E-state index contributed by atoms with van der Waals surface area (Å²) in [5.41, 5.74) is 0.155. The second-order valence-electron chi connectivity index (χ2n) is 3.54. The number of carboxylic acids is 1. The van der Waals surface area contributed by atoms with Gasteiger partial charge >= 0.3 is 5.97 Å². The first-order valence-corrected chi connectivity index (χ1v) is 6.08. The van der Waals surface area contributed by atoms with E-state index < -0.39 is 11.5 Å². The molecule has 0 spiro atoms. The Hall–Kier alpha value is -1.59. The summed E-state index contributed by atoms with van der Waals surface area (Å²) in [7, 11) is 0. The minimum absolute atomic E-state index is 0.299. The van der Waals surface area contributed by atoms with Crippen LogP contribution < -0.4 is 5.56 Å². The third-order valence-corrected chi connectivity index (χ3v) is 3.17. The van der Waals surface area contributed by atoms with Crippen LogP contribution in [0.3, 0.4) is 0 Å². The van der Waals surface area contributed by atoms with Crippen molar-refractivity contribution < 1.29 is 9.90 Å². The number of nitrogens with one attached hydrogen (secondary N) is 1. The van der Waals surface area contributed by atoms with E-state index >= 15 is 0 Å². The topological polar surface area (TPSA) is 70.2 Å². The molecule has 1 aromatic carbocycles. The maximum Gasteiger partial charge on any atom is 0.341 e. The summed E-state index contributed by atoms with van der Waals surface area (Å²) in [6, 6.07) is 7.98. The van der Waals surface area contributed by atoms with E-state index in [-0.39, 0.29) is 5.56 Å². The van der Waals surface area contributed by atoms with Crippen LogP contribution in [0.4, 0.5) is 0 Å². The van der Waals surface area contributed by atoms with E-state index in [0.717, 1.165) is 4.47 Å². The molecule has 4 nitrogen and oxygen atoms in total. The van der Waals surface area contributed by atoms with E-state index in [4.69, 9.17) is 16.7 Å². The number of halogens is 2. The Morgan fingerprint density at radius 1 is 1.28 bits per heavy atom. The normalized spacial score (nSPS) is 10.3. The minimum Gasteiger partial charge on any atom is -0.477 e. The van der Waals surface area contributed by atoms with Gasteiger partial charge in [0, 0.05) is 15.7 Å². The lowest BCUT2D eigenvalue weighted by Crippen LogP contribution is -2.17. The molecule has 0 atom stereocenters. The number of pyridine rings is 1. The van der Waals surface area contributed by atoms with Gasteiger partial charge < -0.3 is 10.1 Å². The van der Waals surface area contributed by atoms with Gasteiger partial charge in [0.25, 0.3) is 5.56 Å². The maximum absolute atomic E-state index is 11.5. The van der Waals surface area contributed by atoms with Crippen molar-refractivity contribution in [1.29, 1.82) is 0 Å². The molecule has 0 amide bonds. The Kier molecular flexibility index (Phi) is 3.54. The number of carbonyl (C=O) groups is 1. The van der Waals surface area contributed by atoms with Gasteiger partial charge in [0.1, 0.15) is 5.56 Å². The zero-order chi connectivity index (χ0) is 13.3.